The molecule has 0 aliphatic heterocycles. The van der Waals surface area contributed by atoms with Crippen LogP contribution in [0.5, 0.6) is 0 Å². The minimum Gasteiger partial charge on any atom is -0.739 e. The summed E-state index contributed by atoms with van der Waals surface area (Å²) < 4.78 is 0. The molecule has 0 spiro atoms. The molecule has 2 rings (SSSR count). The fraction of sp³-hybridized carbons (Fsp3) is 0.375. The Labute approximate surface area is 135 Å². The summed E-state index contributed by atoms with van der Waals surface area (Å²) in [4.78, 5) is 0. The SMILES string of the molecule is C[c-]1[cH-][c-](C(O)O)[cH-][c-]1C.Cc1cc(C(O)O)c[c-]1C.[Fe]. The van der Waals surface area contributed by atoms with Gasteiger partial charge < -0.3 is 49.2 Å². The van der Waals surface area contributed by atoms with Crippen LogP contribution in [0.1, 0.15) is 46.0 Å². The van der Waals surface area contributed by atoms with E-state index in [4.69, 9.17) is 20.4 Å². The van der Waals surface area contributed by atoms with E-state index in [1.165, 1.54) is 0 Å². The summed E-state index contributed by atoms with van der Waals surface area (Å²) >= 11 is 0. The van der Waals surface area contributed by atoms with E-state index in [0.717, 1.165) is 22.3 Å². The monoisotopic (exact) mass is 334 g/mol. The molecule has 4 nitrogen and oxygen atoms in total. The van der Waals surface area contributed by atoms with Crippen molar-refractivity contribution in [3.8, 4) is 0 Å². The van der Waals surface area contributed by atoms with Crippen molar-refractivity contribution < 1.29 is 37.5 Å². The van der Waals surface area contributed by atoms with Gasteiger partial charge in [0.15, 0.2) is 0 Å². The van der Waals surface area contributed by atoms with Crippen LogP contribution in [0, 0.1) is 27.7 Å². The molecule has 0 radical (unpaired) electrons. The van der Waals surface area contributed by atoms with Crippen molar-refractivity contribution in [3.05, 3.63) is 57.6 Å². The molecule has 2 aromatic rings. The van der Waals surface area contributed by atoms with Crippen LogP contribution in [-0.2, 0) is 17.1 Å². The quantitative estimate of drug-likeness (QED) is 0.385. The molecule has 0 bridgehead atoms. The van der Waals surface area contributed by atoms with Crippen molar-refractivity contribution >= 4 is 0 Å². The van der Waals surface area contributed by atoms with Crippen LogP contribution in [0.3, 0.4) is 0 Å². The van der Waals surface area contributed by atoms with Crippen molar-refractivity contribution in [2.24, 2.45) is 0 Å². The van der Waals surface area contributed by atoms with E-state index >= 15 is 0 Å². The molecule has 0 fully saturated rings. The smallest absolute Gasteiger partial charge is 0.122 e. The Kier molecular flexibility index (Phi) is 8.11. The van der Waals surface area contributed by atoms with E-state index in [0.29, 0.717) is 11.1 Å². The average Bonchev–Trinajstić information content (AvgIpc) is 2.85. The van der Waals surface area contributed by atoms with Crippen LogP contribution < -0.4 is 0 Å². The van der Waals surface area contributed by atoms with Crippen molar-refractivity contribution in [1.82, 2.24) is 0 Å². The van der Waals surface area contributed by atoms with Crippen LogP contribution in [0.4, 0.5) is 0 Å². The molecule has 4 N–H and O–H groups in total. The first-order valence-electron chi connectivity index (χ1n) is 6.42. The maximum Gasteiger partial charge on any atom is 0.122 e. The summed E-state index contributed by atoms with van der Waals surface area (Å²) in [5, 5.41) is 34.9. The zero-order valence-corrected chi connectivity index (χ0v) is 13.7. The van der Waals surface area contributed by atoms with E-state index in [2.05, 4.69) is 0 Å². The Morgan fingerprint density at radius 3 is 1.67 bits per heavy atom. The Balaban J connectivity index is 0.000000364. The molecular weight excluding hydrogens is 312 g/mol. The fourth-order valence-corrected chi connectivity index (χ4v) is 1.84. The number of rotatable bonds is 2. The molecular formula is C16H22FeO4-6. The van der Waals surface area contributed by atoms with Gasteiger partial charge >= 0.3 is 0 Å². The normalized spacial score (nSPS) is 10.4. The van der Waals surface area contributed by atoms with E-state index in [1.807, 2.05) is 27.7 Å². The molecule has 5 heteroatoms. The van der Waals surface area contributed by atoms with Gasteiger partial charge in [0.2, 0.25) is 0 Å². The van der Waals surface area contributed by atoms with Gasteiger partial charge in [0.25, 0.3) is 0 Å². The molecule has 2 aromatic carbocycles. The minimum atomic E-state index is -1.33. The standard InChI is InChI=1S/2C8H11O2.Fe/c2*1-5-3-7(8(9)10)4-6(5)2;/h2*3-4,8-10H,1-2H3;/q-5;-1;. The zero-order chi connectivity index (χ0) is 15.4. The van der Waals surface area contributed by atoms with Crippen LogP contribution in [0.2, 0.25) is 0 Å². The first-order valence-corrected chi connectivity index (χ1v) is 6.42. The second-order valence-electron chi connectivity index (χ2n) is 5.06. The fourth-order valence-electron chi connectivity index (χ4n) is 1.84. The summed E-state index contributed by atoms with van der Waals surface area (Å²) in [6.07, 6.45) is -2.65. The largest absolute Gasteiger partial charge is 0.739 e. The molecule has 21 heavy (non-hydrogen) atoms. The molecule has 124 valence electrons. The third-order valence-electron chi connectivity index (χ3n) is 3.37. The van der Waals surface area contributed by atoms with Gasteiger partial charge in [-0.05, 0) is 6.29 Å². The zero-order valence-electron chi connectivity index (χ0n) is 12.6. The van der Waals surface area contributed by atoms with Crippen molar-refractivity contribution in [2.45, 2.75) is 40.3 Å². The third-order valence-corrected chi connectivity index (χ3v) is 3.37. The molecule has 0 aliphatic rings. The van der Waals surface area contributed by atoms with Gasteiger partial charge in [0, 0.05) is 17.1 Å². The molecule has 0 aromatic heterocycles. The Morgan fingerprint density at radius 2 is 1.48 bits per heavy atom. The predicted octanol–water partition coefficient (Wildman–Crippen LogP) is 2.01. The minimum absolute atomic E-state index is 0. The molecule has 0 amide bonds. The van der Waals surface area contributed by atoms with Crippen molar-refractivity contribution in [2.75, 3.05) is 0 Å². The Bertz CT molecular complexity index is 463. The first kappa shape index (κ1) is 20.1. The van der Waals surface area contributed by atoms with E-state index in [9.17, 15) is 0 Å². The molecule has 0 unspecified atom stereocenters. The average molecular weight is 334 g/mol. The van der Waals surface area contributed by atoms with Crippen LogP contribution >= 0.6 is 0 Å². The predicted molar refractivity (Wildman–Crippen MR) is 77.4 cm³/mol. The van der Waals surface area contributed by atoms with E-state index in [1.54, 1.807) is 24.3 Å². The summed E-state index contributed by atoms with van der Waals surface area (Å²) in [5.41, 5.74) is 5.56. The topological polar surface area (TPSA) is 80.9 Å². The maximum absolute atomic E-state index is 8.72. The number of aliphatic hydroxyl groups is 4. The van der Waals surface area contributed by atoms with Crippen molar-refractivity contribution in [1.29, 1.82) is 0 Å². The number of aryl methyl sites for hydroxylation is 4. The Morgan fingerprint density at radius 1 is 1.00 bits per heavy atom. The van der Waals surface area contributed by atoms with Crippen LogP contribution in [-0.4, -0.2) is 20.4 Å². The van der Waals surface area contributed by atoms with Crippen LogP contribution in [0.15, 0.2) is 24.3 Å². The molecule has 0 saturated carbocycles. The van der Waals surface area contributed by atoms with E-state index in [-0.39, 0.29) is 17.1 Å². The van der Waals surface area contributed by atoms with Gasteiger partial charge in [-0.2, -0.15) is 17.2 Å². The molecule has 0 atom stereocenters. The number of hydrogen-bond donors (Lipinski definition) is 4. The summed E-state index contributed by atoms with van der Waals surface area (Å²) in [6, 6.07) is 7.11. The van der Waals surface area contributed by atoms with Gasteiger partial charge in [0.1, 0.15) is 6.29 Å². The summed E-state index contributed by atoms with van der Waals surface area (Å²) in [7, 11) is 0. The van der Waals surface area contributed by atoms with Gasteiger partial charge in [-0.25, -0.2) is 19.9 Å². The van der Waals surface area contributed by atoms with Crippen LogP contribution in [0.25, 0.3) is 0 Å². The molecule has 0 heterocycles. The summed E-state index contributed by atoms with van der Waals surface area (Å²) in [5.74, 6) is 0. The van der Waals surface area contributed by atoms with Gasteiger partial charge in [-0.1, -0.05) is 13.8 Å². The molecule has 0 saturated heterocycles. The van der Waals surface area contributed by atoms with Gasteiger partial charge in [-0.3, -0.25) is 0 Å². The second kappa shape index (κ2) is 8.49. The number of aliphatic hydroxyl groups excluding tert-OH is 2. The van der Waals surface area contributed by atoms with Gasteiger partial charge in [0.05, 0.1) is 0 Å². The Hall–Kier alpha value is -0.941. The second-order valence-corrected chi connectivity index (χ2v) is 5.06. The third kappa shape index (κ3) is 5.75. The van der Waals surface area contributed by atoms with Gasteiger partial charge in [-0.15, -0.1) is 5.56 Å². The summed E-state index contributed by atoms with van der Waals surface area (Å²) in [6.45, 7) is 7.78. The number of hydrogen-bond acceptors (Lipinski definition) is 4. The van der Waals surface area contributed by atoms with Crippen molar-refractivity contribution in [3.63, 3.8) is 0 Å². The molecule has 0 aliphatic carbocycles. The maximum atomic E-state index is 8.72. The first-order chi connectivity index (χ1) is 9.22. The van der Waals surface area contributed by atoms with E-state index < -0.39 is 12.6 Å².